The van der Waals surface area contributed by atoms with Crippen LogP contribution >= 0.6 is 0 Å². The highest BCUT2D eigenvalue weighted by Crippen LogP contribution is 2.30. The first-order chi connectivity index (χ1) is 10.3. The van der Waals surface area contributed by atoms with Crippen molar-refractivity contribution in [1.82, 2.24) is 9.88 Å². The average molecular weight is 318 g/mol. The van der Waals surface area contributed by atoms with Gasteiger partial charge >= 0.3 is 18.1 Å². The lowest BCUT2D eigenvalue weighted by Crippen LogP contribution is -2.58. The largest absolute Gasteiger partial charge is 0.471 e. The second kappa shape index (κ2) is 6.20. The lowest BCUT2D eigenvalue weighted by molar-refractivity contribution is -0.164. The van der Waals surface area contributed by atoms with Crippen molar-refractivity contribution in [3.63, 3.8) is 0 Å². The maximum absolute atomic E-state index is 12.5. The fourth-order valence-electron chi connectivity index (χ4n) is 1.82. The van der Waals surface area contributed by atoms with Crippen molar-refractivity contribution in [2.75, 3.05) is 19.7 Å². The highest BCUT2D eigenvalue weighted by molar-refractivity contribution is 6.32. The molecule has 1 aromatic heterocycles. The number of alkyl halides is 3. The van der Waals surface area contributed by atoms with Crippen LogP contribution in [0, 0.1) is 0 Å². The quantitative estimate of drug-likeness (QED) is 0.620. The van der Waals surface area contributed by atoms with Crippen LogP contribution in [0.5, 0.6) is 5.88 Å². The van der Waals surface area contributed by atoms with Gasteiger partial charge in [-0.15, -0.1) is 0 Å². The zero-order valence-corrected chi connectivity index (χ0v) is 11.6. The number of amides is 1. The zero-order valence-electron chi connectivity index (χ0n) is 11.6. The van der Waals surface area contributed by atoms with E-state index in [1.54, 1.807) is 6.92 Å². The Labute approximate surface area is 123 Å². The van der Waals surface area contributed by atoms with Crippen molar-refractivity contribution in [2.45, 2.75) is 19.2 Å². The van der Waals surface area contributed by atoms with Gasteiger partial charge in [-0.3, -0.25) is 4.79 Å². The summed E-state index contributed by atoms with van der Waals surface area (Å²) < 4.78 is 47.4. The summed E-state index contributed by atoms with van der Waals surface area (Å²) in [5.41, 5.74) is -0.865. The predicted molar refractivity (Wildman–Crippen MR) is 66.9 cm³/mol. The van der Waals surface area contributed by atoms with E-state index in [9.17, 15) is 22.8 Å². The van der Waals surface area contributed by atoms with Crippen molar-refractivity contribution >= 4 is 11.9 Å². The first kappa shape index (κ1) is 16.1. The standard InChI is InChI=1S/C13H13F3N2O4/c1-2-21-12(20)11(19)18-6-9(7-18)22-10-5-8(3-4-17-10)13(14,15)16/h3-5,9H,2,6-7H2,1H3. The first-order valence-electron chi connectivity index (χ1n) is 6.47. The molecular weight excluding hydrogens is 305 g/mol. The molecule has 0 aromatic carbocycles. The van der Waals surface area contributed by atoms with Crippen LogP contribution in [0.1, 0.15) is 12.5 Å². The molecule has 0 spiro atoms. The molecule has 1 saturated heterocycles. The number of esters is 1. The van der Waals surface area contributed by atoms with Gasteiger partial charge in [-0.2, -0.15) is 13.2 Å². The predicted octanol–water partition coefficient (Wildman–Crippen LogP) is 1.25. The summed E-state index contributed by atoms with van der Waals surface area (Å²) in [5, 5.41) is 0. The van der Waals surface area contributed by atoms with Crippen molar-refractivity contribution in [3.8, 4) is 5.88 Å². The molecule has 120 valence electrons. The maximum Gasteiger partial charge on any atom is 0.416 e. The van der Waals surface area contributed by atoms with E-state index in [-0.39, 0.29) is 25.6 Å². The molecular formula is C13H13F3N2O4. The van der Waals surface area contributed by atoms with Crippen LogP contribution in [0.3, 0.4) is 0 Å². The van der Waals surface area contributed by atoms with Crippen LogP contribution in [0.2, 0.25) is 0 Å². The third-order valence-electron chi connectivity index (χ3n) is 2.93. The van der Waals surface area contributed by atoms with Crippen LogP contribution < -0.4 is 4.74 Å². The van der Waals surface area contributed by atoms with Gasteiger partial charge in [0.15, 0.2) is 0 Å². The summed E-state index contributed by atoms with van der Waals surface area (Å²) >= 11 is 0. The zero-order chi connectivity index (χ0) is 16.3. The molecule has 1 aliphatic heterocycles. The molecule has 0 N–H and O–H groups in total. The minimum atomic E-state index is -4.48. The minimum absolute atomic E-state index is 0.0898. The fourth-order valence-corrected chi connectivity index (χ4v) is 1.82. The van der Waals surface area contributed by atoms with E-state index in [4.69, 9.17) is 4.74 Å². The monoisotopic (exact) mass is 318 g/mol. The SMILES string of the molecule is CCOC(=O)C(=O)N1CC(Oc2cc(C(F)(F)F)ccn2)C1. The highest BCUT2D eigenvalue weighted by Gasteiger charge is 2.37. The number of rotatable bonds is 3. The Kier molecular flexibility index (Phi) is 4.53. The number of nitrogens with zero attached hydrogens (tertiary/aromatic N) is 2. The van der Waals surface area contributed by atoms with Gasteiger partial charge in [0.1, 0.15) is 6.10 Å². The van der Waals surface area contributed by atoms with E-state index in [0.717, 1.165) is 18.3 Å². The topological polar surface area (TPSA) is 68.7 Å². The van der Waals surface area contributed by atoms with E-state index in [2.05, 4.69) is 9.72 Å². The third-order valence-corrected chi connectivity index (χ3v) is 2.93. The Morgan fingerprint density at radius 2 is 2.09 bits per heavy atom. The average Bonchev–Trinajstić information content (AvgIpc) is 2.41. The van der Waals surface area contributed by atoms with Gasteiger partial charge in [-0.25, -0.2) is 9.78 Å². The molecule has 2 rings (SSSR count). The molecule has 1 aliphatic rings. The number of carbonyl (C=O) groups is 2. The van der Waals surface area contributed by atoms with Crippen LogP contribution in [0.4, 0.5) is 13.2 Å². The van der Waals surface area contributed by atoms with E-state index < -0.39 is 29.7 Å². The first-order valence-corrected chi connectivity index (χ1v) is 6.47. The lowest BCUT2D eigenvalue weighted by Gasteiger charge is -2.37. The van der Waals surface area contributed by atoms with Crippen LogP contribution in [-0.2, 0) is 20.5 Å². The second-order valence-electron chi connectivity index (χ2n) is 4.55. The molecule has 0 radical (unpaired) electrons. The number of aromatic nitrogens is 1. The molecule has 22 heavy (non-hydrogen) atoms. The molecule has 0 saturated carbocycles. The van der Waals surface area contributed by atoms with Crippen LogP contribution in [-0.4, -0.2) is 47.6 Å². The smallest absolute Gasteiger partial charge is 0.416 e. The van der Waals surface area contributed by atoms with Crippen LogP contribution in [0.25, 0.3) is 0 Å². The summed E-state index contributed by atoms with van der Waals surface area (Å²) in [6.07, 6.45) is -3.99. The number of halogens is 3. The normalized spacial score (nSPS) is 15.2. The second-order valence-corrected chi connectivity index (χ2v) is 4.55. The summed E-state index contributed by atoms with van der Waals surface area (Å²) in [4.78, 5) is 27.6. The molecule has 0 aliphatic carbocycles. The number of hydrogen-bond donors (Lipinski definition) is 0. The molecule has 0 unspecified atom stereocenters. The molecule has 0 bridgehead atoms. The summed E-state index contributed by atoms with van der Waals surface area (Å²) in [5.74, 6) is -1.93. The molecule has 1 amide bonds. The van der Waals surface area contributed by atoms with Gasteiger partial charge in [0.05, 0.1) is 25.3 Å². The Morgan fingerprint density at radius 1 is 1.41 bits per heavy atom. The van der Waals surface area contributed by atoms with Gasteiger partial charge in [-0.1, -0.05) is 0 Å². The van der Waals surface area contributed by atoms with Gasteiger partial charge in [0, 0.05) is 12.3 Å². The fraction of sp³-hybridized carbons (Fsp3) is 0.462. The molecule has 6 nitrogen and oxygen atoms in total. The summed E-state index contributed by atoms with van der Waals surface area (Å²) in [6.45, 7) is 1.85. The molecule has 0 atom stereocenters. The van der Waals surface area contributed by atoms with Crippen molar-refractivity contribution < 1.29 is 32.2 Å². The molecule has 1 fully saturated rings. The van der Waals surface area contributed by atoms with Crippen molar-refractivity contribution in [2.24, 2.45) is 0 Å². The molecule has 1 aromatic rings. The molecule has 9 heteroatoms. The number of hydrogen-bond acceptors (Lipinski definition) is 5. The van der Waals surface area contributed by atoms with E-state index in [1.807, 2.05) is 0 Å². The van der Waals surface area contributed by atoms with Gasteiger partial charge in [-0.05, 0) is 13.0 Å². The maximum atomic E-state index is 12.5. The van der Waals surface area contributed by atoms with Gasteiger partial charge < -0.3 is 14.4 Å². The van der Waals surface area contributed by atoms with Crippen LogP contribution in [0.15, 0.2) is 18.3 Å². The molecule has 2 heterocycles. The number of likely N-dealkylation sites (tertiary alicyclic amines) is 1. The van der Waals surface area contributed by atoms with Gasteiger partial charge in [0.2, 0.25) is 5.88 Å². The summed E-state index contributed by atoms with van der Waals surface area (Å²) in [6, 6.07) is 1.63. The number of ether oxygens (including phenoxy) is 2. The number of carbonyl (C=O) groups excluding carboxylic acids is 2. The van der Waals surface area contributed by atoms with Gasteiger partial charge in [0.25, 0.3) is 0 Å². The number of pyridine rings is 1. The Balaban J connectivity index is 1.88. The van der Waals surface area contributed by atoms with E-state index in [1.165, 1.54) is 4.90 Å². The van der Waals surface area contributed by atoms with E-state index >= 15 is 0 Å². The Hall–Kier alpha value is -2.32. The van der Waals surface area contributed by atoms with Crippen molar-refractivity contribution in [3.05, 3.63) is 23.9 Å². The Morgan fingerprint density at radius 3 is 2.68 bits per heavy atom. The third kappa shape index (κ3) is 3.66. The minimum Gasteiger partial charge on any atom is -0.471 e. The lowest BCUT2D eigenvalue weighted by atomic mass is 10.1. The highest BCUT2D eigenvalue weighted by atomic mass is 19.4. The van der Waals surface area contributed by atoms with Crippen molar-refractivity contribution in [1.29, 1.82) is 0 Å². The Bertz CT molecular complexity index is 571. The summed E-state index contributed by atoms with van der Waals surface area (Å²) in [7, 11) is 0. The van der Waals surface area contributed by atoms with E-state index in [0.29, 0.717) is 0 Å².